The van der Waals surface area contributed by atoms with Gasteiger partial charge in [-0.05, 0) is 48.8 Å². The smallest absolute Gasteiger partial charge is 0.326 e. The maximum Gasteiger partial charge on any atom is 0.326 e. The lowest BCUT2D eigenvalue weighted by molar-refractivity contribution is -0.126. The highest BCUT2D eigenvalue weighted by atomic mass is 16.5. The van der Waals surface area contributed by atoms with Crippen molar-refractivity contribution >= 4 is 23.2 Å². The van der Waals surface area contributed by atoms with Crippen molar-refractivity contribution in [3.63, 3.8) is 0 Å². The van der Waals surface area contributed by atoms with Crippen LogP contribution in [0, 0.1) is 6.92 Å². The van der Waals surface area contributed by atoms with E-state index >= 15 is 0 Å². The fraction of sp³-hybridized carbons (Fsp3) is 0.467. The average molecular weight is 521 g/mol. The van der Waals surface area contributed by atoms with Crippen LogP contribution in [0.2, 0.25) is 0 Å². The lowest BCUT2D eigenvalue weighted by atomic mass is 9.93. The molecule has 38 heavy (non-hydrogen) atoms. The van der Waals surface area contributed by atoms with Crippen molar-refractivity contribution in [3.8, 4) is 5.75 Å². The molecule has 0 unspecified atom stereocenters. The number of morpholine rings is 1. The van der Waals surface area contributed by atoms with Crippen molar-refractivity contribution in [2.24, 2.45) is 0 Å². The van der Waals surface area contributed by atoms with Gasteiger partial charge in [-0.1, -0.05) is 29.8 Å². The minimum atomic E-state index is -0.287. The van der Waals surface area contributed by atoms with E-state index in [9.17, 15) is 9.59 Å². The molecule has 3 amide bonds. The summed E-state index contributed by atoms with van der Waals surface area (Å²) >= 11 is 0. The molecule has 2 aliphatic heterocycles. The van der Waals surface area contributed by atoms with Crippen LogP contribution in [0.3, 0.4) is 0 Å². The SMILES string of the molecule is C/C1=C(\c2cc(OCCN3CCOCC3)ccc2N(C)Cc2ccc(C)cc2)CC(=O)N(C)C(=O)N(C)C1. The van der Waals surface area contributed by atoms with E-state index in [0.717, 1.165) is 67.5 Å². The molecule has 0 spiro atoms. The number of anilines is 1. The van der Waals surface area contributed by atoms with Gasteiger partial charge in [0, 0.05) is 65.1 Å². The molecule has 4 rings (SSSR count). The number of hydrogen-bond acceptors (Lipinski definition) is 6. The van der Waals surface area contributed by atoms with Gasteiger partial charge in [0.1, 0.15) is 12.4 Å². The van der Waals surface area contributed by atoms with Crippen LogP contribution in [-0.4, -0.2) is 93.8 Å². The Morgan fingerprint density at radius 3 is 2.42 bits per heavy atom. The molecule has 2 aliphatic rings. The van der Waals surface area contributed by atoms with Crippen LogP contribution >= 0.6 is 0 Å². The molecule has 8 nitrogen and oxygen atoms in total. The number of aryl methyl sites for hydroxylation is 1. The van der Waals surface area contributed by atoms with Gasteiger partial charge in [-0.25, -0.2) is 4.79 Å². The van der Waals surface area contributed by atoms with Gasteiger partial charge >= 0.3 is 6.03 Å². The number of rotatable bonds is 8. The summed E-state index contributed by atoms with van der Waals surface area (Å²) < 4.78 is 11.6. The van der Waals surface area contributed by atoms with Crippen molar-refractivity contribution in [3.05, 3.63) is 64.7 Å². The van der Waals surface area contributed by atoms with E-state index in [1.165, 1.54) is 16.0 Å². The van der Waals surface area contributed by atoms with Crippen molar-refractivity contribution in [1.82, 2.24) is 14.7 Å². The van der Waals surface area contributed by atoms with Gasteiger partial charge in [0.2, 0.25) is 5.91 Å². The Kier molecular flexibility index (Phi) is 9.07. The van der Waals surface area contributed by atoms with Crippen LogP contribution in [-0.2, 0) is 16.1 Å². The first-order chi connectivity index (χ1) is 18.2. The number of ether oxygens (including phenoxy) is 2. The van der Waals surface area contributed by atoms with Crippen LogP contribution in [0.5, 0.6) is 5.75 Å². The predicted molar refractivity (Wildman–Crippen MR) is 150 cm³/mol. The maximum absolute atomic E-state index is 13.1. The standard InChI is InChI=1S/C30H40N4O4/c1-22-6-8-24(9-7-22)21-31(3)28-11-10-25(38-17-14-34-12-15-37-16-13-34)18-27(28)26-19-29(35)33(5)30(36)32(4)20-23(26)2/h6-11,18H,12-17,19-21H2,1-5H3/b26-23+. The first kappa shape index (κ1) is 27.7. The number of likely N-dealkylation sites (N-methyl/N-ethyl adjacent to an activating group) is 1. The third kappa shape index (κ3) is 6.74. The molecule has 8 heteroatoms. The van der Waals surface area contributed by atoms with Crippen LogP contribution in [0.1, 0.15) is 30.0 Å². The number of hydrogen-bond donors (Lipinski definition) is 0. The molecule has 0 radical (unpaired) electrons. The van der Waals surface area contributed by atoms with Gasteiger partial charge in [-0.15, -0.1) is 0 Å². The molecule has 2 heterocycles. The zero-order chi connectivity index (χ0) is 27.2. The largest absolute Gasteiger partial charge is 0.492 e. The number of benzene rings is 2. The molecular formula is C30H40N4O4. The van der Waals surface area contributed by atoms with E-state index in [-0.39, 0.29) is 18.4 Å². The Balaban J connectivity index is 1.65. The second-order valence-electron chi connectivity index (χ2n) is 10.4. The fourth-order valence-corrected chi connectivity index (χ4v) is 4.98. The Hall–Kier alpha value is -3.36. The summed E-state index contributed by atoms with van der Waals surface area (Å²) in [6.45, 7) is 10.1. The molecule has 1 saturated heterocycles. The van der Waals surface area contributed by atoms with Crippen molar-refractivity contribution in [2.75, 3.05) is 72.0 Å². The highest BCUT2D eigenvalue weighted by Gasteiger charge is 2.28. The van der Waals surface area contributed by atoms with Crippen LogP contribution in [0.4, 0.5) is 10.5 Å². The highest BCUT2D eigenvalue weighted by molar-refractivity contribution is 6.01. The first-order valence-corrected chi connectivity index (χ1v) is 13.3. The number of imide groups is 1. The van der Waals surface area contributed by atoms with Gasteiger partial charge in [0.15, 0.2) is 0 Å². The number of amides is 3. The second-order valence-corrected chi connectivity index (χ2v) is 10.4. The summed E-state index contributed by atoms with van der Waals surface area (Å²) in [6, 6.07) is 14.4. The Morgan fingerprint density at radius 1 is 1.00 bits per heavy atom. The summed E-state index contributed by atoms with van der Waals surface area (Å²) in [5.74, 6) is 0.551. The van der Waals surface area contributed by atoms with Gasteiger partial charge in [0.25, 0.3) is 0 Å². The maximum atomic E-state index is 13.1. The number of carbonyl (C=O) groups is 2. The monoisotopic (exact) mass is 520 g/mol. The summed E-state index contributed by atoms with van der Waals surface area (Å²) in [5.41, 5.74) is 6.35. The van der Waals surface area contributed by atoms with E-state index in [4.69, 9.17) is 9.47 Å². The van der Waals surface area contributed by atoms with Crippen LogP contribution in [0.15, 0.2) is 48.0 Å². The lowest BCUT2D eigenvalue weighted by Gasteiger charge is -2.30. The number of nitrogens with zero attached hydrogens (tertiary/aromatic N) is 4. The Bertz CT molecular complexity index is 1170. The minimum absolute atomic E-state index is 0.157. The molecule has 0 aromatic heterocycles. The quantitative estimate of drug-likeness (QED) is 0.524. The molecule has 2 aromatic carbocycles. The normalized spacial score (nSPS) is 19.4. The molecule has 0 N–H and O–H groups in total. The molecule has 0 bridgehead atoms. The summed E-state index contributed by atoms with van der Waals surface area (Å²) in [7, 11) is 5.35. The minimum Gasteiger partial charge on any atom is -0.492 e. The van der Waals surface area contributed by atoms with Crippen molar-refractivity contribution in [2.45, 2.75) is 26.8 Å². The average Bonchev–Trinajstić information content (AvgIpc) is 2.92. The molecule has 2 aromatic rings. The van der Waals surface area contributed by atoms with Gasteiger partial charge in [-0.2, -0.15) is 0 Å². The highest BCUT2D eigenvalue weighted by Crippen LogP contribution is 2.36. The molecule has 0 atom stereocenters. The second kappa shape index (κ2) is 12.5. The van der Waals surface area contributed by atoms with Gasteiger partial charge < -0.3 is 19.3 Å². The van der Waals surface area contributed by atoms with Crippen molar-refractivity contribution in [1.29, 1.82) is 0 Å². The summed E-state index contributed by atoms with van der Waals surface area (Å²) in [6.07, 6.45) is 0.157. The van der Waals surface area contributed by atoms with Crippen molar-refractivity contribution < 1.29 is 19.1 Å². The molecular weight excluding hydrogens is 480 g/mol. The third-order valence-electron chi connectivity index (χ3n) is 7.33. The van der Waals surface area contributed by atoms with Crippen LogP contribution in [0.25, 0.3) is 5.57 Å². The molecule has 0 aliphatic carbocycles. The summed E-state index contributed by atoms with van der Waals surface area (Å²) in [5, 5.41) is 0. The van der Waals surface area contributed by atoms with Gasteiger partial charge in [-0.3, -0.25) is 14.6 Å². The first-order valence-electron chi connectivity index (χ1n) is 13.3. The van der Waals surface area contributed by atoms with Crippen LogP contribution < -0.4 is 9.64 Å². The number of carbonyl (C=O) groups excluding carboxylic acids is 2. The van der Waals surface area contributed by atoms with E-state index in [1.807, 2.05) is 13.0 Å². The molecule has 204 valence electrons. The topological polar surface area (TPSA) is 65.6 Å². The summed E-state index contributed by atoms with van der Waals surface area (Å²) in [4.78, 5) is 33.0. The van der Waals surface area contributed by atoms with E-state index in [1.54, 1.807) is 19.0 Å². The zero-order valence-electron chi connectivity index (χ0n) is 23.3. The molecule has 1 fully saturated rings. The zero-order valence-corrected chi connectivity index (χ0v) is 23.3. The lowest BCUT2D eigenvalue weighted by Crippen LogP contribution is -2.44. The van der Waals surface area contributed by atoms with E-state index in [2.05, 4.69) is 60.2 Å². The Labute approximate surface area is 226 Å². The Morgan fingerprint density at radius 2 is 1.71 bits per heavy atom. The third-order valence-corrected chi connectivity index (χ3v) is 7.33. The van der Waals surface area contributed by atoms with E-state index < -0.39 is 0 Å². The van der Waals surface area contributed by atoms with Gasteiger partial charge in [0.05, 0.1) is 19.6 Å². The molecule has 0 saturated carbocycles. The van der Waals surface area contributed by atoms with E-state index in [0.29, 0.717) is 13.2 Å². The number of urea groups is 1. The fourth-order valence-electron chi connectivity index (χ4n) is 4.98. The predicted octanol–water partition coefficient (Wildman–Crippen LogP) is 4.03.